The average molecular weight is 329 g/mol. The van der Waals surface area contributed by atoms with Gasteiger partial charge in [-0.1, -0.05) is 24.3 Å². The van der Waals surface area contributed by atoms with E-state index < -0.39 is 6.10 Å². The van der Waals surface area contributed by atoms with Crippen LogP contribution >= 0.6 is 22.7 Å². The number of carbonyl (C=O) groups is 1. The summed E-state index contributed by atoms with van der Waals surface area (Å²) in [7, 11) is 0. The van der Waals surface area contributed by atoms with Crippen molar-refractivity contribution in [3.05, 3.63) is 69.0 Å². The molecule has 1 atom stereocenters. The van der Waals surface area contributed by atoms with Crippen molar-refractivity contribution in [1.29, 1.82) is 0 Å². The number of amides is 1. The molecule has 112 valence electrons. The minimum Gasteiger partial charge on any atom is -0.387 e. The zero-order chi connectivity index (χ0) is 15.4. The molecule has 0 radical (unpaired) electrons. The highest BCUT2D eigenvalue weighted by Crippen LogP contribution is 2.24. The molecule has 0 aliphatic heterocycles. The Bertz CT molecular complexity index is 719. The van der Waals surface area contributed by atoms with Crippen LogP contribution in [0, 0.1) is 0 Å². The van der Waals surface area contributed by atoms with Gasteiger partial charge in [-0.05, 0) is 45.0 Å². The predicted octanol–water partition coefficient (Wildman–Crippen LogP) is 3.94. The number of hydrogen-bond acceptors (Lipinski definition) is 4. The summed E-state index contributed by atoms with van der Waals surface area (Å²) in [5, 5.41) is 20.7. The molecule has 0 bridgehead atoms. The Kier molecular flexibility index (Phi) is 4.68. The second kappa shape index (κ2) is 6.87. The van der Waals surface area contributed by atoms with Crippen LogP contribution in [0.4, 0.5) is 0 Å². The maximum Gasteiger partial charge on any atom is 0.252 e. The number of thiophene rings is 2. The standard InChI is InChI=1S/C17H15NO2S2/c19-16(9-18-17(20)15-6-8-22-11-15)13-3-1-12(2-4-13)14-5-7-21-10-14/h1-8,10-11,16,19H,9H2,(H,18,20). The lowest BCUT2D eigenvalue weighted by molar-refractivity contribution is 0.0917. The molecule has 1 amide bonds. The quantitative estimate of drug-likeness (QED) is 0.745. The zero-order valence-electron chi connectivity index (χ0n) is 11.7. The molecule has 1 unspecified atom stereocenters. The lowest BCUT2D eigenvalue weighted by atomic mass is 10.0. The Morgan fingerprint density at radius 3 is 2.36 bits per heavy atom. The van der Waals surface area contributed by atoms with Crippen LogP contribution in [-0.2, 0) is 0 Å². The van der Waals surface area contributed by atoms with Crippen LogP contribution in [-0.4, -0.2) is 17.6 Å². The van der Waals surface area contributed by atoms with E-state index in [1.807, 2.05) is 35.0 Å². The van der Waals surface area contributed by atoms with Crippen LogP contribution in [0.1, 0.15) is 22.0 Å². The van der Waals surface area contributed by atoms with Gasteiger partial charge in [-0.3, -0.25) is 4.79 Å². The molecule has 0 saturated heterocycles. The van der Waals surface area contributed by atoms with Gasteiger partial charge in [-0.25, -0.2) is 0 Å². The molecule has 2 heterocycles. The summed E-state index contributed by atoms with van der Waals surface area (Å²) in [6, 6.07) is 11.6. The summed E-state index contributed by atoms with van der Waals surface area (Å²) in [4.78, 5) is 11.8. The number of nitrogens with one attached hydrogen (secondary N) is 1. The molecular formula is C17H15NO2S2. The summed E-state index contributed by atoms with van der Waals surface area (Å²) >= 11 is 3.14. The van der Waals surface area contributed by atoms with Gasteiger partial charge in [0.2, 0.25) is 0 Å². The first-order valence-corrected chi connectivity index (χ1v) is 8.73. The van der Waals surface area contributed by atoms with Gasteiger partial charge >= 0.3 is 0 Å². The van der Waals surface area contributed by atoms with Gasteiger partial charge in [-0.15, -0.1) is 0 Å². The lowest BCUT2D eigenvalue weighted by Crippen LogP contribution is -2.27. The van der Waals surface area contributed by atoms with Crippen LogP contribution in [0.3, 0.4) is 0 Å². The SMILES string of the molecule is O=C(NCC(O)c1ccc(-c2ccsc2)cc1)c1ccsc1. The van der Waals surface area contributed by atoms with Crippen molar-refractivity contribution in [1.82, 2.24) is 5.32 Å². The van der Waals surface area contributed by atoms with Gasteiger partial charge in [0, 0.05) is 17.5 Å². The number of rotatable bonds is 5. The van der Waals surface area contributed by atoms with Crippen molar-refractivity contribution in [2.45, 2.75) is 6.10 Å². The molecule has 0 spiro atoms. The topological polar surface area (TPSA) is 49.3 Å². The van der Waals surface area contributed by atoms with Crippen LogP contribution in [0.15, 0.2) is 57.9 Å². The second-order valence-corrected chi connectivity index (χ2v) is 6.43. The van der Waals surface area contributed by atoms with E-state index in [1.165, 1.54) is 16.9 Å². The van der Waals surface area contributed by atoms with Crippen molar-refractivity contribution in [3.63, 3.8) is 0 Å². The Labute approximate surface area is 136 Å². The van der Waals surface area contributed by atoms with Crippen molar-refractivity contribution in [2.75, 3.05) is 6.54 Å². The minimum absolute atomic E-state index is 0.157. The van der Waals surface area contributed by atoms with Gasteiger partial charge in [-0.2, -0.15) is 22.7 Å². The van der Waals surface area contributed by atoms with Crippen molar-refractivity contribution < 1.29 is 9.90 Å². The van der Waals surface area contributed by atoms with Crippen molar-refractivity contribution >= 4 is 28.6 Å². The highest BCUT2D eigenvalue weighted by atomic mass is 32.1. The summed E-state index contributed by atoms with van der Waals surface area (Å²) in [6.07, 6.45) is -0.709. The third kappa shape index (κ3) is 3.44. The monoisotopic (exact) mass is 329 g/mol. The molecule has 2 N–H and O–H groups in total. The maximum atomic E-state index is 11.8. The molecule has 0 aliphatic rings. The largest absolute Gasteiger partial charge is 0.387 e. The van der Waals surface area contributed by atoms with Crippen LogP contribution in [0.25, 0.3) is 11.1 Å². The first kappa shape index (κ1) is 15.0. The maximum absolute atomic E-state index is 11.8. The number of hydrogen-bond donors (Lipinski definition) is 2. The second-order valence-electron chi connectivity index (χ2n) is 4.87. The molecule has 3 nitrogen and oxygen atoms in total. The summed E-state index contributed by atoms with van der Waals surface area (Å²) in [5.41, 5.74) is 3.73. The molecule has 3 rings (SSSR count). The average Bonchev–Trinajstić information content (AvgIpc) is 3.25. The normalized spacial score (nSPS) is 12.0. The highest BCUT2D eigenvalue weighted by Gasteiger charge is 2.11. The molecule has 5 heteroatoms. The van der Waals surface area contributed by atoms with Crippen LogP contribution in [0.5, 0.6) is 0 Å². The fourth-order valence-corrected chi connectivity index (χ4v) is 3.43. The molecule has 3 aromatic rings. The van der Waals surface area contributed by atoms with E-state index in [9.17, 15) is 9.90 Å². The number of carbonyl (C=O) groups excluding carboxylic acids is 1. The van der Waals surface area contributed by atoms with Crippen LogP contribution in [0.2, 0.25) is 0 Å². The van der Waals surface area contributed by atoms with Gasteiger partial charge in [0.15, 0.2) is 0 Å². The first-order chi connectivity index (χ1) is 10.7. The van der Waals surface area contributed by atoms with Gasteiger partial charge < -0.3 is 10.4 Å². The third-order valence-electron chi connectivity index (χ3n) is 3.39. The van der Waals surface area contributed by atoms with E-state index in [4.69, 9.17) is 0 Å². The molecular weight excluding hydrogens is 314 g/mol. The van der Waals surface area contributed by atoms with Gasteiger partial charge in [0.05, 0.1) is 6.10 Å². The van der Waals surface area contributed by atoms with Crippen molar-refractivity contribution in [2.24, 2.45) is 0 Å². The fraction of sp³-hybridized carbons (Fsp3) is 0.118. The third-order valence-corrected chi connectivity index (χ3v) is 4.76. The number of benzene rings is 1. The number of aliphatic hydroxyl groups is 1. The smallest absolute Gasteiger partial charge is 0.252 e. The summed E-state index contributed by atoms with van der Waals surface area (Å²) in [5.74, 6) is -0.157. The Morgan fingerprint density at radius 2 is 1.73 bits per heavy atom. The van der Waals surface area contributed by atoms with E-state index in [0.717, 1.165) is 11.1 Å². The fourth-order valence-electron chi connectivity index (χ4n) is 2.13. The van der Waals surface area contributed by atoms with Crippen LogP contribution < -0.4 is 5.32 Å². The predicted molar refractivity (Wildman–Crippen MR) is 91.4 cm³/mol. The Morgan fingerprint density at radius 1 is 1.00 bits per heavy atom. The molecule has 2 aromatic heterocycles. The van der Waals surface area contributed by atoms with E-state index in [1.54, 1.807) is 22.8 Å². The Hall–Kier alpha value is -1.95. The lowest BCUT2D eigenvalue weighted by Gasteiger charge is -2.12. The van der Waals surface area contributed by atoms with Crippen molar-refractivity contribution in [3.8, 4) is 11.1 Å². The van der Waals surface area contributed by atoms with E-state index in [2.05, 4.69) is 16.8 Å². The molecule has 22 heavy (non-hydrogen) atoms. The molecule has 0 aliphatic carbocycles. The highest BCUT2D eigenvalue weighted by molar-refractivity contribution is 7.08. The molecule has 0 saturated carbocycles. The van der Waals surface area contributed by atoms with E-state index in [-0.39, 0.29) is 12.5 Å². The minimum atomic E-state index is -0.709. The van der Waals surface area contributed by atoms with Gasteiger partial charge in [0.1, 0.15) is 0 Å². The van der Waals surface area contributed by atoms with Gasteiger partial charge in [0.25, 0.3) is 5.91 Å². The zero-order valence-corrected chi connectivity index (χ0v) is 13.4. The summed E-state index contributed by atoms with van der Waals surface area (Å²) in [6.45, 7) is 0.201. The number of aliphatic hydroxyl groups excluding tert-OH is 1. The van der Waals surface area contributed by atoms with E-state index >= 15 is 0 Å². The Balaban J connectivity index is 1.60. The summed E-state index contributed by atoms with van der Waals surface area (Å²) < 4.78 is 0. The first-order valence-electron chi connectivity index (χ1n) is 6.85. The molecule has 1 aromatic carbocycles. The van der Waals surface area contributed by atoms with E-state index in [0.29, 0.717) is 5.56 Å². The molecule has 0 fully saturated rings.